The van der Waals surface area contributed by atoms with Crippen LogP contribution in [0.15, 0.2) is 42.5 Å². The molecule has 0 aliphatic rings. The van der Waals surface area contributed by atoms with E-state index in [1.54, 1.807) is 50.4 Å². The van der Waals surface area contributed by atoms with Gasteiger partial charge in [-0.1, -0.05) is 32.0 Å². The highest BCUT2D eigenvalue weighted by Gasteiger charge is 2.19. The molecule has 2 amide bonds. The highest BCUT2D eigenvalue weighted by Crippen LogP contribution is 2.31. The molecule has 8 heteroatoms. The van der Waals surface area contributed by atoms with Crippen LogP contribution in [0.5, 0.6) is 11.5 Å². The number of hydrogen-bond acceptors (Lipinski definition) is 5. The summed E-state index contributed by atoms with van der Waals surface area (Å²) in [6.45, 7) is 6.57. The van der Waals surface area contributed by atoms with Crippen LogP contribution in [0.25, 0.3) is 0 Å². The van der Waals surface area contributed by atoms with Crippen molar-refractivity contribution in [3.8, 4) is 11.5 Å². The number of hydrogen-bond donors (Lipinski definition) is 2. The number of nitrogens with one attached hydrogen (secondary N) is 2. The van der Waals surface area contributed by atoms with Gasteiger partial charge in [-0.2, -0.15) is 0 Å². The Morgan fingerprint density at radius 1 is 1.13 bits per heavy atom. The number of ether oxygens (including phenoxy) is 2. The van der Waals surface area contributed by atoms with Crippen molar-refractivity contribution in [2.45, 2.75) is 39.7 Å². The van der Waals surface area contributed by atoms with E-state index >= 15 is 0 Å². The van der Waals surface area contributed by atoms with Crippen molar-refractivity contribution in [1.29, 1.82) is 0 Å². The molecule has 0 unspecified atom stereocenters. The smallest absolute Gasteiger partial charge is 0.319 e. The lowest BCUT2D eigenvalue weighted by Crippen LogP contribution is -2.31. The number of carbonyl (C=O) groups is 1. The van der Waals surface area contributed by atoms with Gasteiger partial charge in [0, 0.05) is 17.8 Å². The molecule has 162 valence electrons. The normalized spacial score (nSPS) is 11.6. The number of benzene rings is 2. The third-order valence-corrected chi connectivity index (χ3v) is 4.55. The largest absolute Gasteiger partial charge is 0.493 e. The van der Waals surface area contributed by atoms with Gasteiger partial charge >= 0.3 is 6.03 Å². The predicted molar refractivity (Wildman–Crippen MR) is 116 cm³/mol. The quantitative estimate of drug-likeness (QED) is 0.311. The Morgan fingerprint density at radius 2 is 1.87 bits per heavy atom. The van der Waals surface area contributed by atoms with Crippen LogP contribution in [0.2, 0.25) is 0 Å². The highest BCUT2D eigenvalue weighted by atomic mass is 16.6. The van der Waals surface area contributed by atoms with E-state index in [-0.39, 0.29) is 5.69 Å². The van der Waals surface area contributed by atoms with Crippen LogP contribution in [-0.4, -0.2) is 24.7 Å². The number of nitro benzene ring substituents is 1. The Labute approximate surface area is 176 Å². The second-order valence-electron chi connectivity index (χ2n) is 7.39. The molecule has 0 fully saturated rings. The molecule has 0 aliphatic carbocycles. The maximum absolute atomic E-state index is 12.4. The van der Waals surface area contributed by atoms with Gasteiger partial charge in [0.2, 0.25) is 0 Å². The number of urea groups is 1. The molecule has 0 saturated carbocycles. The minimum absolute atomic E-state index is 0.0353. The zero-order chi connectivity index (χ0) is 22.1. The van der Waals surface area contributed by atoms with Gasteiger partial charge in [-0.3, -0.25) is 10.1 Å². The van der Waals surface area contributed by atoms with Gasteiger partial charge in [-0.25, -0.2) is 4.79 Å². The first-order chi connectivity index (χ1) is 14.3. The van der Waals surface area contributed by atoms with Gasteiger partial charge in [0.15, 0.2) is 11.5 Å². The minimum Gasteiger partial charge on any atom is -0.493 e. The van der Waals surface area contributed by atoms with Crippen LogP contribution in [0, 0.1) is 16.0 Å². The summed E-state index contributed by atoms with van der Waals surface area (Å²) in [5, 5.41) is 16.7. The molecule has 0 bridgehead atoms. The zero-order valence-electron chi connectivity index (χ0n) is 17.8. The van der Waals surface area contributed by atoms with Crippen LogP contribution in [0.4, 0.5) is 16.2 Å². The van der Waals surface area contributed by atoms with E-state index in [1.807, 2.05) is 0 Å². The van der Waals surface area contributed by atoms with Crippen molar-refractivity contribution in [3.63, 3.8) is 0 Å². The fraction of sp³-hybridized carbons (Fsp3) is 0.409. The molecule has 0 spiro atoms. The fourth-order valence-electron chi connectivity index (χ4n) is 3.00. The molecule has 2 aromatic rings. The number of nitro groups is 1. The number of para-hydroxylation sites is 1. The third kappa shape index (κ3) is 6.65. The Morgan fingerprint density at radius 3 is 2.53 bits per heavy atom. The molecule has 2 N–H and O–H groups in total. The van der Waals surface area contributed by atoms with Crippen LogP contribution in [0.1, 0.15) is 45.2 Å². The molecule has 0 radical (unpaired) electrons. The van der Waals surface area contributed by atoms with Gasteiger partial charge in [-0.05, 0) is 37.8 Å². The Hall–Kier alpha value is -3.29. The van der Waals surface area contributed by atoms with E-state index in [9.17, 15) is 14.9 Å². The molecule has 0 aromatic heterocycles. The Balaban J connectivity index is 2.02. The van der Waals surface area contributed by atoms with E-state index in [1.165, 1.54) is 6.07 Å². The van der Waals surface area contributed by atoms with Crippen molar-refractivity contribution in [2.75, 3.05) is 19.0 Å². The average molecular weight is 415 g/mol. The molecule has 0 heterocycles. The summed E-state index contributed by atoms with van der Waals surface area (Å²) < 4.78 is 11.1. The first-order valence-electron chi connectivity index (χ1n) is 9.93. The van der Waals surface area contributed by atoms with Gasteiger partial charge in [0.05, 0.1) is 30.2 Å². The summed E-state index contributed by atoms with van der Waals surface area (Å²) in [6.07, 6.45) is 1.98. The number of amides is 2. The topological polar surface area (TPSA) is 103 Å². The summed E-state index contributed by atoms with van der Waals surface area (Å²) in [6, 6.07) is 10.4. The summed E-state index contributed by atoms with van der Waals surface area (Å²) in [5.41, 5.74) is 0.926. The van der Waals surface area contributed by atoms with Crippen LogP contribution in [0.3, 0.4) is 0 Å². The van der Waals surface area contributed by atoms with E-state index < -0.39 is 17.0 Å². The first-order valence-corrected chi connectivity index (χ1v) is 9.93. The van der Waals surface area contributed by atoms with Gasteiger partial charge < -0.3 is 20.1 Å². The Bertz CT molecular complexity index is 870. The highest BCUT2D eigenvalue weighted by molar-refractivity contribution is 5.90. The lowest BCUT2D eigenvalue weighted by molar-refractivity contribution is -0.385. The molecular formula is C22H29N3O5. The Kier molecular flexibility index (Phi) is 8.46. The van der Waals surface area contributed by atoms with Crippen LogP contribution >= 0.6 is 0 Å². The number of methoxy groups -OCH3 is 1. The maximum Gasteiger partial charge on any atom is 0.319 e. The standard InChI is InChI=1S/C22H29N3O5/c1-15(2)8-7-13-30-21-14-17(11-12-20(21)29-4)24-22(26)23-16(3)18-9-5-6-10-19(18)25(27)28/h5-6,9-12,14-16H,7-8,13H2,1-4H3,(H2,23,24,26)/t16-/m0/s1. The summed E-state index contributed by atoms with van der Waals surface area (Å²) in [7, 11) is 1.56. The van der Waals surface area contributed by atoms with Gasteiger partial charge in [0.25, 0.3) is 5.69 Å². The molecule has 30 heavy (non-hydrogen) atoms. The SMILES string of the molecule is COc1ccc(NC(=O)N[C@@H](C)c2ccccc2[N+](=O)[O-])cc1OCCCC(C)C. The average Bonchev–Trinajstić information content (AvgIpc) is 2.71. The van der Waals surface area contributed by atoms with Crippen LogP contribution in [-0.2, 0) is 0 Å². The summed E-state index contributed by atoms with van der Waals surface area (Å²) >= 11 is 0. The molecule has 0 aliphatic heterocycles. The summed E-state index contributed by atoms with van der Waals surface area (Å²) in [4.78, 5) is 23.2. The van der Waals surface area contributed by atoms with Crippen molar-refractivity contribution in [3.05, 3.63) is 58.1 Å². The van der Waals surface area contributed by atoms with Crippen LogP contribution < -0.4 is 20.1 Å². The lowest BCUT2D eigenvalue weighted by Gasteiger charge is -2.16. The fourth-order valence-corrected chi connectivity index (χ4v) is 3.00. The van der Waals surface area contributed by atoms with Crippen molar-refractivity contribution in [2.24, 2.45) is 5.92 Å². The van der Waals surface area contributed by atoms with Gasteiger partial charge in [0.1, 0.15) is 0 Å². The zero-order valence-corrected chi connectivity index (χ0v) is 17.8. The summed E-state index contributed by atoms with van der Waals surface area (Å²) in [5.74, 6) is 1.74. The second-order valence-corrected chi connectivity index (χ2v) is 7.39. The third-order valence-electron chi connectivity index (χ3n) is 4.55. The lowest BCUT2D eigenvalue weighted by atomic mass is 10.1. The molecule has 2 rings (SSSR count). The number of rotatable bonds is 10. The monoisotopic (exact) mass is 415 g/mol. The molecule has 2 aromatic carbocycles. The minimum atomic E-state index is -0.545. The molecule has 1 atom stereocenters. The second kappa shape index (κ2) is 11.0. The van der Waals surface area contributed by atoms with Crippen molar-refractivity contribution in [1.82, 2.24) is 5.32 Å². The number of carbonyl (C=O) groups excluding carboxylic acids is 1. The predicted octanol–water partition coefficient (Wildman–Crippen LogP) is 5.30. The van der Waals surface area contributed by atoms with E-state index in [4.69, 9.17) is 9.47 Å². The van der Waals surface area contributed by atoms with Gasteiger partial charge in [-0.15, -0.1) is 0 Å². The molecule has 0 saturated heterocycles. The number of anilines is 1. The number of nitrogens with zero attached hydrogens (tertiary/aromatic N) is 1. The van der Waals surface area contributed by atoms with E-state index in [0.717, 1.165) is 12.8 Å². The molecular weight excluding hydrogens is 386 g/mol. The molecule has 8 nitrogen and oxygen atoms in total. The van der Waals surface area contributed by atoms with E-state index in [2.05, 4.69) is 24.5 Å². The maximum atomic E-state index is 12.4. The van der Waals surface area contributed by atoms with Crippen molar-refractivity contribution >= 4 is 17.4 Å². The first kappa shape index (κ1) is 23.0. The van der Waals surface area contributed by atoms with Crippen molar-refractivity contribution < 1.29 is 19.2 Å². The van der Waals surface area contributed by atoms with E-state index in [0.29, 0.717) is 35.3 Å².